The van der Waals surface area contributed by atoms with Crippen LogP contribution < -0.4 is 10.3 Å². The number of carbonyl (C=O) groups is 1. The molecule has 0 amide bonds. The predicted molar refractivity (Wildman–Crippen MR) is 134 cm³/mol. The van der Waals surface area contributed by atoms with Gasteiger partial charge in [-0.2, -0.15) is 0 Å². The molecule has 2 heterocycles. The Kier molecular flexibility index (Phi) is 8.92. The number of rotatable bonds is 10. The second-order valence-corrected chi connectivity index (χ2v) is 11.5. The molecule has 3 rings (SSSR count). The van der Waals surface area contributed by atoms with Gasteiger partial charge in [0.2, 0.25) is 4.77 Å². The highest BCUT2D eigenvalue weighted by molar-refractivity contribution is 7.71. The first-order valence-corrected chi connectivity index (χ1v) is 13.6. The van der Waals surface area contributed by atoms with Crippen LogP contribution in [-0.2, 0) is 23.4 Å². The number of ether oxygens (including phenoxy) is 2. The standard InChI is InChI=1S/C23H32N3O8PS/c1-14(2)32-20(28)15(3)13-35(30,34-16-8-6-5-7-9-16)31-12-17-19(27)23(4,29)21(33-17)26-11-10-18(24)25-22(26)36/h5-11,14-15,17,19,21,27,29H,12-13H2,1-4H3,(H2,24,25,36)/t15-,17-,19+,21-,23?,35?/m1/s1. The molecule has 4 N–H and O–H groups in total. The Labute approximate surface area is 214 Å². The minimum Gasteiger partial charge on any atom is -0.463 e. The van der Waals surface area contributed by atoms with Crippen LogP contribution in [-0.4, -0.2) is 62.4 Å². The number of carbonyl (C=O) groups excluding carboxylic acids is 1. The van der Waals surface area contributed by atoms with Crippen LogP contribution in [0.4, 0.5) is 5.82 Å². The zero-order chi connectivity index (χ0) is 26.7. The van der Waals surface area contributed by atoms with Crippen molar-refractivity contribution < 1.29 is 38.1 Å². The first kappa shape index (κ1) is 28.2. The smallest absolute Gasteiger partial charge is 0.380 e. The minimum atomic E-state index is -3.95. The minimum absolute atomic E-state index is 0.0459. The molecule has 6 atom stereocenters. The van der Waals surface area contributed by atoms with E-state index in [4.69, 9.17) is 36.5 Å². The molecule has 1 aromatic heterocycles. The van der Waals surface area contributed by atoms with E-state index in [0.29, 0.717) is 0 Å². The van der Waals surface area contributed by atoms with Gasteiger partial charge in [-0.1, -0.05) is 25.1 Å². The van der Waals surface area contributed by atoms with E-state index in [1.165, 1.54) is 23.8 Å². The van der Waals surface area contributed by atoms with E-state index < -0.39 is 50.1 Å². The lowest BCUT2D eigenvalue weighted by atomic mass is 9.96. The van der Waals surface area contributed by atoms with Crippen molar-refractivity contribution in [3.63, 3.8) is 0 Å². The van der Waals surface area contributed by atoms with E-state index in [-0.39, 0.29) is 28.6 Å². The van der Waals surface area contributed by atoms with Gasteiger partial charge in [0.25, 0.3) is 0 Å². The zero-order valence-corrected chi connectivity index (χ0v) is 22.2. The molecule has 2 unspecified atom stereocenters. The van der Waals surface area contributed by atoms with Gasteiger partial charge in [0.05, 0.1) is 24.8 Å². The van der Waals surface area contributed by atoms with Crippen LogP contribution in [0.25, 0.3) is 0 Å². The van der Waals surface area contributed by atoms with E-state index in [0.717, 1.165) is 0 Å². The Hall–Kier alpha value is -2.34. The van der Waals surface area contributed by atoms with Gasteiger partial charge in [0.1, 0.15) is 29.4 Å². The third kappa shape index (κ3) is 6.70. The lowest BCUT2D eigenvalue weighted by molar-refractivity contribution is -0.151. The molecule has 0 saturated carbocycles. The monoisotopic (exact) mass is 541 g/mol. The summed E-state index contributed by atoms with van der Waals surface area (Å²) in [6.07, 6.45) is -2.78. The van der Waals surface area contributed by atoms with Gasteiger partial charge >= 0.3 is 13.6 Å². The highest BCUT2D eigenvalue weighted by Gasteiger charge is 2.53. The largest absolute Gasteiger partial charge is 0.463 e. The van der Waals surface area contributed by atoms with Gasteiger partial charge in [-0.05, 0) is 51.2 Å². The Balaban J connectivity index is 1.79. The summed E-state index contributed by atoms with van der Waals surface area (Å²) < 4.78 is 37.6. The summed E-state index contributed by atoms with van der Waals surface area (Å²) in [4.78, 5) is 16.3. The van der Waals surface area contributed by atoms with Gasteiger partial charge in [-0.25, -0.2) is 9.55 Å². The van der Waals surface area contributed by atoms with Crippen LogP contribution in [0.3, 0.4) is 0 Å². The second kappa shape index (κ2) is 11.4. The van der Waals surface area contributed by atoms with Crippen molar-refractivity contribution in [1.29, 1.82) is 0 Å². The van der Waals surface area contributed by atoms with Crippen LogP contribution in [0.5, 0.6) is 5.75 Å². The molecular formula is C23H32N3O8PS. The molecule has 0 spiro atoms. The van der Waals surface area contributed by atoms with Crippen molar-refractivity contribution in [2.75, 3.05) is 18.5 Å². The number of hydrogen-bond donors (Lipinski definition) is 3. The van der Waals surface area contributed by atoms with Crippen molar-refractivity contribution >= 4 is 31.6 Å². The van der Waals surface area contributed by atoms with Gasteiger partial charge in [0, 0.05) is 6.20 Å². The summed E-state index contributed by atoms with van der Waals surface area (Å²) >= 11 is 5.21. The molecule has 0 radical (unpaired) electrons. The molecule has 13 heteroatoms. The molecule has 1 aliphatic rings. The van der Waals surface area contributed by atoms with E-state index in [1.54, 1.807) is 51.1 Å². The van der Waals surface area contributed by atoms with E-state index >= 15 is 0 Å². The summed E-state index contributed by atoms with van der Waals surface area (Å²) in [5.74, 6) is -0.872. The van der Waals surface area contributed by atoms with Crippen LogP contribution in [0, 0.1) is 10.7 Å². The number of aliphatic hydroxyl groups is 2. The molecule has 11 nitrogen and oxygen atoms in total. The Morgan fingerprint density at radius 2 is 1.97 bits per heavy atom. The molecular weight excluding hydrogens is 509 g/mol. The van der Waals surface area contributed by atoms with Gasteiger partial charge < -0.3 is 29.9 Å². The second-order valence-electron chi connectivity index (χ2n) is 9.12. The number of para-hydroxylation sites is 1. The van der Waals surface area contributed by atoms with Crippen molar-refractivity contribution in [2.24, 2.45) is 5.92 Å². The first-order valence-electron chi connectivity index (χ1n) is 11.4. The van der Waals surface area contributed by atoms with Gasteiger partial charge in [-0.3, -0.25) is 13.9 Å². The molecule has 0 bridgehead atoms. The maximum Gasteiger partial charge on any atom is 0.380 e. The van der Waals surface area contributed by atoms with Crippen LogP contribution >= 0.6 is 19.8 Å². The van der Waals surface area contributed by atoms with E-state index in [1.807, 2.05) is 0 Å². The lowest BCUT2D eigenvalue weighted by Gasteiger charge is -2.28. The third-order valence-electron chi connectivity index (χ3n) is 5.53. The predicted octanol–water partition coefficient (Wildman–Crippen LogP) is 3.08. The number of esters is 1. The number of aliphatic hydroxyl groups excluding tert-OH is 1. The fraction of sp³-hybridized carbons (Fsp3) is 0.522. The summed E-state index contributed by atoms with van der Waals surface area (Å²) in [7, 11) is -3.95. The summed E-state index contributed by atoms with van der Waals surface area (Å²) in [6.45, 7) is 5.97. The first-order chi connectivity index (χ1) is 16.8. The molecule has 198 valence electrons. The van der Waals surface area contributed by atoms with Gasteiger partial charge in [-0.15, -0.1) is 0 Å². The quantitative estimate of drug-likeness (QED) is 0.231. The average Bonchev–Trinajstić information content (AvgIpc) is 3.01. The van der Waals surface area contributed by atoms with Crippen molar-refractivity contribution in [2.45, 2.75) is 57.8 Å². The Bertz CT molecular complexity index is 1160. The number of benzene rings is 1. The molecule has 36 heavy (non-hydrogen) atoms. The molecule has 2 aromatic rings. The third-order valence-corrected chi connectivity index (χ3v) is 7.86. The maximum atomic E-state index is 13.8. The number of nitrogens with zero attached hydrogens (tertiary/aromatic N) is 2. The van der Waals surface area contributed by atoms with Crippen molar-refractivity contribution in [1.82, 2.24) is 9.55 Å². The molecule has 0 aliphatic carbocycles. The van der Waals surface area contributed by atoms with E-state index in [2.05, 4.69) is 4.98 Å². The summed E-state index contributed by atoms with van der Waals surface area (Å²) in [5.41, 5.74) is 3.86. The van der Waals surface area contributed by atoms with Crippen molar-refractivity contribution in [3.8, 4) is 5.75 Å². The molecule has 1 aliphatic heterocycles. The van der Waals surface area contributed by atoms with Crippen LogP contribution in [0.1, 0.15) is 33.9 Å². The van der Waals surface area contributed by atoms with E-state index in [9.17, 15) is 19.6 Å². The number of hydrogen-bond acceptors (Lipinski definition) is 11. The maximum absolute atomic E-state index is 13.8. The topological polar surface area (TPSA) is 155 Å². The van der Waals surface area contributed by atoms with Crippen LogP contribution in [0.15, 0.2) is 42.6 Å². The highest BCUT2D eigenvalue weighted by Crippen LogP contribution is 2.51. The summed E-state index contributed by atoms with van der Waals surface area (Å²) in [5, 5.41) is 21.8. The highest BCUT2D eigenvalue weighted by atomic mass is 32.1. The lowest BCUT2D eigenvalue weighted by Crippen LogP contribution is -2.44. The number of nitrogens with two attached hydrogens (primary N) is 1. The Morgan fingerprint density at radius 1 is 1.31 bits per heavy atom. The zero-order valence-electron chi connectivity index (χ0n) is 20.5. The average molecular weight is 542 g/mol. The number of aromatic nitrogens is 2. The summed E-state index contributed by atoms with van der Waals surface area (Å²) in [6, 6.07) is 9.85. The number of anilines is 1. The normalized spacial score (nSPS) is 26.4. The molecule has 1 saturated heterocycles. The fourth-order valence-electron chi connectivity index (χ4n) is 3.69. The SMILES string of the molecule is CC(C)OC(=O)[C@H](C)CP(=O)(OC[C@H]1O[C@@H](n2ccc(N)nc2=S)C(C)(O)[C@H]1O)Oc1ccccc1. The Morgan fingerprint density at radius 3 is 2.58 bits per heavy atom. The molecule has 1 fully saturated rings. The molecule has 1 aromatic carbocycles. The van der Waals surface area contributed by atoms with Crippen molar-refractivity contribution in [3.05, 3.63) is 47.4 Å². The fourth-order valence-corrected chi connectivity index (χ4v) is 5.82. The van der Waals surface area contributed by atoms with Gasteiger partial charge in [0.15, 0.2) is 6.23 Å². The van der Waals surface area contributed by atoms with Crippen LogP contribution in [0.2, 0.25) is 0 Å². The number of nitrogen functional groups attached to an aromatic ring is 1.